The highest BCUT2D eigenvalue weighted by atomic mass is 32.1. The van der Waals surface area contributed by atoms with E-state index in [1.54, 1.807) is 31.4 Å². The van der Waals surface area contributed by atoms with Gasteiger partial charge in [0.05, 0.1) is 19.8 Å². The van der Waals surface area contributed by atoms with Crippen molar-refractivity contribution in [3.8, 4) is 11.5 Å². The lowest BCUT2D eigenvalue weighted by atomic mass is 10.0. The summed E-state index contributed by atoms with van der Waals surface area (Å²) in [5.41, 5.74) is 1.19. The van der Waals surface area contributed by atoms with Crippen molar-refractivity contribution in [3.05, 3.63) is 46.2 Å². The van der Waals surface area contributed by atoms with Crippen molar-refractivity contribution in [3.63, 3.8) is 0 Å². The van der Waals surface area contributed by atoms with Gasteiger partial charge in [0.25, 0.3) is 0 Å². The maximum Gasteiger partial charge on any atom is 0.197 e. The van der Waals surface area contributed by atoms with Gasteiger partial charge in [0.15, 0.2) is 17.3 Å². The van der Waals surface area contributed by atoms with E-state index < -0.39 is 0 Å². The molecule has 17 heavy (non-hydrogen) atoms. The molecule has 0 fully saturated rings. The third kappa shape index (κ3) is 2.17. The highest BCUT2D eigenvalue weighted by Gasteiger charge is 2.17. The summed E-state index contributed by atoms with van der Waals surface area (Å²) >= 11 is 1.49. The number of carbonyl (C=O) groups excluding carboxylic acids is 1. The second-order valence-electron chi connectivity index (χ2n) is 3.38. The molecule has 0 bridgehead atoms. The summed E-state index contributed by atoms with van der Waals surface area (Å²) in [6.07, 6.45) is 0. The summed E-state index contributed by atoms with van der Waals surface area (Å²) in [5.74, 6) is 0.988. The van der Waals surface area contributed by atoms with Crippen molar-refractivity contribution in [2.75, 3.05) is 14.2 Å². The second-order valence-corrected chi connectivity index (χ2v) is 4.16. The molecule has 0 atom stereocenters. The van der Waals surface area contributed by atoms with Gasteiger partial charge in [0, 0.05) is 10.9 Å². The molecule has 0 saturated carbocycles. The Balaban J connectivity index is 2.48. The monoisotopic (exact) mass is 248 g/mol. The van der Waals surface area contributed by atoms with Gasteiger partial charge in [-0.2, -0.15) is 11.3 Å². The Labute approximate surface area is 104 Å². The van der Waals surface area contributed by atoms with E-state index in [4.69, 9.17) is 9.47 Å². The van der Waals surface area contributed by atoms with Crippen LogP contribution in [0.3, 0.4) is 0 Å². The molecule has 88 valence electrons. The molecule has 4 heteroatoms. The van der Waals surface area contributed by atoms with Gasteiger partial charge in [0.1, 0.15) is 0 Å². The summed E-state index contributed by atoms with van der Waals surface area (Å²) in [5, 5.41) is 3.70. The molecule has 0 aliphatic carbocycles. The van der Waals surface area contributed by atoms with E-state index in [0.717, 1.165) is 0 Å². The smallest absolute Gasteiger partial charge is 0.197 e. The number of hydrogen-bond acceptors (Lipinski definition) is 4. The summed E-state index contributed by atoms with van der Waals surface area (Å²) in [6.45, 7) is 0. The van der Waals surface area contributed by atoms with Crippen molar-refractivity contribution in [2.45, 2.75) is 0 Å². The molecule has 0 saturated heterocycles. The molecule has 3 nitrogen and oxygen atoms in total. The van der Waals surface area contributed by atoms with Crippen molar-refractivity contribution in [1.29, 1.82) is 0 Å². The van der Waals surface area contributed by atoms with Crippen LogP contribution in [0.15, 0.2) is 35.0 Å². The zero-order valence-corrected chi connectivity index (χ0v) is 10.4. The number of carbonyl (C=O) groups is 1. The topological polar surface area (TPSA) is 35.5 Å². The van der Waals surface area contributed by atoms with Gasteiger partial charge in [-0.1, -0.05) is 6.07 Å². The third-order valence-electron chi connectivity index (χ3n) is 2.43. The van der Waals surface area contributed by atoms with Gasteiger partial charge in [-0.15, -0.1) is 0 Å². The maximum absolute atomic E-state index is 12.2. The fourth-order valence-corrected chi connectivity index (χ4v) is 2.25. The normalized spacial score (nSPS) is 10.0. The SMILES string of the molecule is COc1cccc(C(=O)c2ccsc2)c1OC. The van der Waals surface area contributed by atoms with Crippen molar-refractivity contribution >= 4 is 17.1 Å². The first-order chi connectivity index (χ1) is 8.27. The predicted octanol–water partition coefficient (Wildman–Crippen LogP) is 3.00. The zero-order chi connectivity index (χ0) is 12.3. The quantitative estimate of drug-likeness (QED) is 0.780. The van der Waals surface area contributed by atoms with Crippen LogP contribution >= 0.6 is 11.3 Å². The van der Waals surface area contributed by atoms with Gasteiger partial charge >= 0.3 is 0 Å². The molecule has 0 amide bonds. The van der Waals surface area contributed by atoms with E-state index in [1.807, 2.05) is 10.8 Å². The minimum absolute atomic E-state index is 0.0537. The Morgan fingerprint density at radius 1 is 1.18 bits per heavy atom. The first kappa shape index (κ1) is 11.7. The third-order valence-corrected chi connectivity index (χ3v) is 3.11. The average molecular weight is 248 g/mol. The van der Waals surface area contributed by atoms with Gasteiger partial charge < -0.3 is 9.47 Å². The lowest BCUT2D eigenvalue weighted by molar-refractivity contribution is 0.103. The summed E-state index contributed by atoms with van der Waals surface area (Å²) in [7, 11) is 3.08. The number of hydrogen-bond donors (Lipinski definition) is 0. The number of ketones is 1. The Hall–Kier alpha value is -1.81. The van der Waals surface area contributed by atoms with Crippen LogP contribution in [0.2, 0.25) is 0 Å². The fraction of sp³-hybridized carbons (Fsp3) is 0.154. The highest BCUT2D eigenvalue weighted by Crippen LogP contribution is 2.32. The Morgan fingerprint density at radius 3 is 2.59 bits per heavy atom. The van der Waals surface area contributed by atoms with Crippen LogP contribution in [0.25, 0.3) is 0 Å². The van der Waals surface area contributed by atoms with Crippen LogP contribution < -0.4 is 9.47 Å². The van der Waals surface area contributed by atoms with Crippen LogP contribution in [-0.4, -0.2) is 20.0 Å². The van der Waals surface area contributed by atoms with Crippen LogP contribution in [0, 0.1) is 0 Å². The molecular weight excluding hydrogens is 236 g/mol. The number of benzene rings is 1. The predicted molar refractivity (Wildman–Crippen MR) is 67.3 cm³/mol. The van der Waals surface area contributed by atoms with Gasteiger partial charge in [-0.3, -0.25) is 4.79 Å². The minimum atomic E-state index is -0.0537. The molecule has 0 N–H and O–H groups in total. The molecule has 1 aromatic carbocycles. The molecule has 0 unspecified atom stereocenters. The Kier molecular flexibility index (Phi) is 3.44. The Morgan fingerprint density at radius 2 is 2.00 bits per heavy atom. The van der Waals surface area contributed by atoms with Gasteiger partial charge in [0.2, 0.25) is 0 Å². The highest BCUT2D eigenvalue weighted by molar-refractivity contribution is 7.08. The average Bonchev–Trinajstić information content (AvgIpc) is 2.90. The van der Waals surface area contributed by atoms with Gasteiger partial charge in [-0.25, -0.2) is 0 Å². The standard InChI is InChI=1S/C13H12O3S/c1-15-11-5-3-4-10(13(11)16-2)12(14)9-6-7-17-8-9/h3-8H,1-2H3. The van der Waals surface area contributed by atoms with E-state index >= 15 is 0 Å². The lowest BCUT2D eigenvalue weighted by Crippen LogP contribution is -2.04. The molecule has 0 aliphatic heterocycles. The van der Waals surface area contributed by atoms with Crippen molar-refractivity contribution in [2.24, 2.45) is 0 Å². The first-order valence-electron chi connectivity index (χ1n) is 5.05. The molecule has 1 heterocycles. The van der Waals surface area contributed by atoms with Gasteiger partial charge in [-0.05, 0) is 23.6 Å². The first-order valence-corrected chi connectivity index (χ1v) is 6.00. The van der Waals surface area contributed by atoms with Crippen LogP contribution in [0.1, 0.15) is 15.9 Å². The summed E-state index contributed by atoms with van der Waals surface area (Å²) < 4.78 is 10.4. The zero-order valence-electron chi connectivity index (χ0n) is 9.60. The van der Waals surface area contributed by atoms with Crippen LogP contribution in [0.4, 0.5) is 0 Å². The van der Waals surface area contributed by atoms with Crippen LogP contribution in [0.5, 0.6) is 11.5 Å². The Bertz CT molecular complexity index is 517. The van der Waals surface area contributed by atoms with E-state index in [2.05, 4.69) is 0 Å². The van der Waals surface area contributed by atoms with E-state index in [-0.39, 0.29) is 5.78 Å². The van der Waals surface area contributed by atoms with E-state index in [0.29, 0.717) is 22.6 Å². The summed E-state index contributed by atoms with van der Waals surface area (Å²) in [4.78, 5) is 12.2. The largest absolute Gasteiger partial charge is 0.493 e. The molecule has 0 aliphatic rings. The maximum atomic E-state index is 12.2. The number of methoxy groups -OCH3 is 2. The molecule has 2 rings (SSSR count). The number of ether oxygens (including phenoxy) is 2. The van der Waals surface area contributed by atoms with Crippen molar-refractivity contribution < 1.29 is 14.3 Å². The number of rotatable bonds is 4. The molecular formula is C13H12O3S. The molecule has 2 aromatic rings. The fourth-order valence-electron chi connectivity index (χ4n) is 1.62. The van der Waals surface area contributed by atoms with E-state index in [9.17, 15) is 4.79 Å². The minimum Gasteiger partial charge on any atom is -0.493 e. The molecule has 0 spiro atoms. The molecule has 0 radical (unpaired) electrons. The second kappa shape index (κ2) is 5.01. The summed E-state index contributed by atoms with van der Waals surface area (Å²) in [6, 6.07) is 7.08. The lowest BCUT2D eigenvalue weighted by Gasteiger charge is -2.11. The van der Waals surface area contributed by atoms with Crippen LogP contribution in [-0.2, 0) is 0 Å². The number of thiophene rings is 1. The van der Waals surface area contributed by atoms with E-state index in [1.165, 1.54) is 18.4 Å². The van der Waals surface area contributed by atoms with Crippen molar-refractivity contribution in [1.82, 2.24) is 0 Å². The molecule has 1 aromatic heterocycles. The number of para-hydroxylation sites is 1.